The molecule has 1 fully saturated rings. The molecule has 2 heterocycles. The number of likely N-dealkylation sites (tertiary alicyclic amines) is 1. The van der Waals surface area contributed by atoms with E-state index in [9.17, 15) is 4.79 Å². The summed E-state index contributed by atoms with van der Waals surface area (Å²) in [5, 5.41) is 6.95. The normalized spacial score (nSPS) is 17.4. The fourth-order valence-electron chi connectivity index (χ4n) is 2.26. The Balaban J connectivity index is 1.90. The lowest BCUT2D eigenvalue weighted by Crippen LogP contribution is -2.40. The summed E-state index contributed by atoms with van der Waals surface area (Å²) in [5.74, 6) is 1.35. The van der Waals surface area contributed by atoms with Gasteiger partial charge in [-0.25, -0.2) is 0 Å². The lowest BCUT2D eigenvalue weighted by atomic mass is 9.96. The van der Waals surface area contributed by atoms with E-state index in [1.54, 1.807) is 13.0 Å². The first-order valence-corrected chi connectivity index (χ1v) is 6.08. The smallest absolute Gasteiger partial charge is 0.276 e. The lowest BCUT2D eigenvalue weighted by molar-refractivity contribution is 0.0680. The second-order valence-electron chi connectivity index (χ2n) is 4.62. The van der Waals surface area contributed by atoms with Gasteiger partial charge in [-0.3, -0.25) is 4.79 Å². The summed E-state index contributed by atoms with van der Waals surface area (Å²) < 4.78 is 4.93. The van der Waals surface area contributed by atoms with E-state index in [0.717, 1.165) is 32.5 Å². The average Bonchev–Trinajstić information content (AvgIpc) is 2.76. The Hall–Kier alpha value is -1.36. The van der Waals surface area contributed by atoms with Crippen LogP contribution in [0.3, 0.4) is 0 Å². The van der Waals surface area contributed by atoms with Gasteiger partial charge < -0.3 is 14.7 Å². The maximum atomic E-state index is 12.1. The summed E-state index contributed by atoms with van der Waals surface area (Å²) in [5.41, 5.74) is 0.426. The molecular weight excluding hydrogens is 218 g/mol. The van der Waals surface area contributed by atoms with E-state index in [1.165, 1.54) is 0 Å². The highest BCUT2D eigenvalue weighted by Crippen LogP contribution is 2.18. The molecule has 1 aromatic heterocycles. The SMILES string of the molecule is CNCC1CCN(C(=O)c2cc(C)on2)CC1. The first-order valence-electron chi connectivity index (χ1n) is 6.08. The number of nitrogens with zero attached hydrogens (tertiary/aromatic N) is 2. The molecule has 0 spiro atoms. The number of aryl methyl sites for hydroxylation is 1. The number of hydrogen-bond donors (Lipinski definition) is 1. The van der Waals surface area contributed by atoms with Gasteiger partial charge in [0.25, 0.3) is 5.91 Å². The van der Waals surface area contributed by atoms with Gasteiger partial charge in [-0.15, -0.1) is 0 Å². The van der Waals surface area contributed by atoms with Gasteiger partial charge in [0.15, 0.2) is 5.69 Å². The standard InChI is InChI=1S/C12H19N3O2/c1-9-7-11(14-17-9)12(16)15-5-3-10(4-6-15)8-13-2/h7,10,13H,3-6,8H2,1-2H3. The predicted octanol–water partition coefficient (Wildman–Crippen LogP) is 1.05. The highest BCUT2D eigenvalue weighted by Gasteiger charge is 2.24. The number of nitrogens with one attached hydrogen (secondary N) is 1. The Bertz CT molecular complexity index is 381. The van der Waals surface area contributed by atoms with Crippen LogP contribution in [-0.4, -0.2) is 42.6 Å². The molecule has 1 N–H and O–H groups in total. The van der Waals surface area contributed by atoms with Crippen molar-refractivity contribution in [2.45, 2.75) is 19.8 Å². The number of carbonyl (C=O) groups is 1. The third-order valence-electron chi connectivity index (χ3n) is 3.24. The van der Waals surface area contributed by atoms with Crippen molar-refractivity contribution in [3.05, 3.63) is 17.5 Å². The van der Waals surface area contributed by atoms with Crippen molar-refractivity contribution in [1.82, 2.24) is 15.4 Å². The Kier molecular flexibility index (Phi) is 3.78. The first-order chi connectivity index (χ1) is 8.20. The van der Waals surface area contributed by atoms with E-state index < -0.39 is 0 Å². The molecule has 94 valence electrons. The number of hydrogen-bond acceptors (Lipinski definition) is 4. The summed E-state index contributed by atoms with van der Waals surface area (Å²) in [6, 6.07) is 1.70. The molecule has 0 bridgehead atoms. The van der Waals surface area contributed by atoms with Crippen molar-refractivity contribution in [2.24, 2.45) is 5.92 Å². The minimum absolute atomic E-state index is 0.00948. The molecule has 0 atom stereocenters. The molecule has 1 aliphatic rings. The molecule has 5 heteroatoms. The first kappa shape index (κ1) is 12.1. The highest BCUT2D eigenvalue weighted by atomic mass is 16.5. The molecule has 17 heavy (non-hydrogen) atoms. The van der Waals surface area contributed by atoms with Crippen LogP contribution in [-0.2, 0) is 0 Å². The number of aromatic nitrogens is 1. The minimum Gasteiger partial charge on any atom is -0.361 e. The van der Waals surface area contributed by atoms with Gasteiger partial charge in [0.1, 0.15) is 5.76 Å². The second kappa shape index (κ2) is 5.31. The van der Waals surface area contributed by atoms with E-state index in [2.05, 4.69) is 10.5 Å². The Morgan fingerprint density at radius 2 is 2.29 bits per heavy atom. The van der Waals surface area contributed by atoms with Crippen molar-refractivity contribution in [3.63, 3.8) is 0 Å². The van der Waals surface area contributed by atoms with Crippen LogP contribution in [0.1, 0.15) is 29.1 Å². The van der Waals surface area contributed by atoms with Crippen molar-refractivity contribution in [3.8, 4) is 0 Å². The highest BCUT2D eigenvalue weighted by molar-refractivity contribution is 5.92. The van der Waals surface area contributed by atoms with E-state index in [0.29, 0.717) is 17.4 Å². The molecule has 1 saturated heterocycles. The van der Waals surface area contributed by atoms with Crippen LogP contribution in [0.15, 0.2) is 10.6 Å². The van der Waals surface area contributed by atoms with Gasteiger partial charge in [0.05, 0.1) is 0 Å². The molecule has 0 aliphatic carbocycles. The molecule has 0 aromatic carbocycles. The zero-order chi connectivity index (χ0) is 12.3. The Labute approximate surface area is 101 Å². The van der Waals surface area contributed by atoms with Crippen molar-refractivity contribution < 1.29 is 9.32 Å². The van der Waals surface area contributed by atoms with Gasteiger partial charge >= 0.3 is 0 Å². The van der Waals surface area contributed by atoms with Crippen LogP contribution in [0, 0.1) is 12.8 Å². The monoisotopic (exact) mass is 237 g/mol. The van der Waals surface area contributed by atoms with Crippen LogP contribution >= 0.6 is 0 Å². The largest absolute Gasteiger partial charge is 0.361 e. The second-order valence-corrected chi connectivity index (χ2v) is 4.62. The minimum atomic E-state index is -0.00948. The van der Waals surface area contributed by atoms with Crippen LogP contribution in [0.4, 0.5) is 0 Å². The van der Waals surface area contributed by atoms with E-state index in [1.807, 2.05) is 11.9 Å². The third kappa shape index (κ3) is 2.85. The van der Waals surface area contributed by atoms with Gasteiger partial charge in [0.2, 0.25) is 0 Å². The molecule has 5 nitrogen and oxygen atoms in total. The number of carbonyl (C=O) groups excluding carboxylic acids is 1. The Morgan fingerprint density at radius 3 is 2.82 bits per heavy atom. The summed E-state index contributed by atoms with van der Waals surface area (Å²) in [6.07, 6.45) is 2.12. The zero-order valence-corrected chi connectivity index (χ0v) is 10.4. The van der Waals surface area contributed by atoms with Gasteiger partial charge in [-0.2, -0.15) is 0 Å². The zero-order valence-electron chi connectivity index (χ0n) is 10.4. The van der Waals surface area contributed by atoms with Crippen LogP contribution in [0.2, 0.25) is 0 Å². The molecule has 0 radical (unpaired) electrons. The summed E-state index contributed by atoms with van der Waals surface area (Å²) >= 11 is 0. The van der Waals surface area contributed by atoms with Gasteiger partial charge in [0, 0.05) is 19.2 Å². The maximum absolute atomic E-state index is 12.1. The average molecular weight is 237 g/mol. The maximum Gasteiger partial charge on any atom is 0.276 e. The molecule has 1 aromatic rings. The summed E-state index contributed by atoms with van der Waals surface area (Å²) in [6.45, 7) is 4.46. The van der Waals surface area contributed by atoms with Gasteiger partial charge in [-0.05, 0) is 39.3 Å². The number of amides is 1. The predicted molar refractivity (Wildman–Crippen MR) is 63.8 cm³/mol. The summed E-state index contributed by atoms with van der Waals surface area (Å²) in [7, 11) is 1.97. The van der Waals surface area contributed by atoms with Gasteiger partial charge in [-0.1, -0.05) is 5.16 Å². The number of rotatable bonds is 3. The Morgan fingerprint density at radius 1 is 1.59 bits per heavy atom. The third-order valence-corrected chi connectivity index (χ3v) is 3.24. The molecular formula is C12H19N3O2. The molecule has 0 saturated carbocycles. The molecule has 1 aliphatic heterocycles. The lowest BCUT2D eigenvalue weighted by Gasteiger charge is -2.31. The van der Waals surface area contributed by atoms with E-state index in [4.69, 9.17) is 4.52 Å². The topological polar surface area (TPSA) is 58.4 Å². The van der Waals surface area contributed by atoms with E-state index >= 15 is 0 Å². The quantitative estimate of drug-likeness (QED) is 0.854. The van der Waals surface area contributed by atoms with Crippen molar-refractivity contribution in [2.75, 3.05) is 26.7 Å². The van der Waals surface area contributed by atoms with Crippen molar-refractivity contribution >= 4 is 5.91 Å². The van der Waals surface area contributed by atoms with E-state index in [-0.39, 0.29) is 5.91 Å². The fraction of sp³-hybridized carbons (Fsp3) is 0.667. The molecule has 1 amide bonds. The summed E-state index contributed by atoms with van der Waals surface area (Å²) in [4.78, 5) is 13.9. The van der Waals surface area contributed by atoms with Crippen molar-refractivity contribution in [1.29, 1.82) is 0 Å². The fourth-order valence-corrected chi connectivity index (χ4v) is 2.26. The van der Waals surface area contributed by atoms with Crippen LogP contribution < -0.4 is 5.32 Å². The number of piperidine rings is 1. The van der Waals surface area contributed by atoms with Crippen LogP contribution in [0.25, 0.3) is 0 Å². The molecule has 2 rings (SSSR count). The van der Waals surface area contributed by atoms with Crippen LogP contribution in [0.5, 0.6) is 0 Å². The molecule has 0 unspecified atom stereocenters.